The van der Waals surface area contributed by atoms with Crippen molar-refractivity contribution >= 4 is 11.6 Å². The van der Waals surface area contributed by atoms with Crippen molar-refractivity contribution in [1.82, 2.24) is 9.94 Å². The molecule has 0 aliphatic carbocycles. The van der Waals surface area contributed by atoms with Gasteiger partial charge >= 0.3 is 0 Å². The predicted molar refractivity (Wildman–Crippen MR) is 63.9 cm³/mol. The zero-order valence-electron chi connectivity index (χ0n) is 9.18. The molecule has 1 heterocycles. The van der Waals surface area contributed by atoms with Gasteiger partial charge in [0, 0.05) is 5.56 Å². The van der Waals surface area contributed by atoms with Crippen LogP contribution in [-0.2, 0) is 0 Å². The van der Waals surface area contributed by atoms with Gasteiger partial charge in [0.1, 0.15) is 5.69 Å². The van der Waals surface area contributed by atoms with E-state index >= 15 is 0 Å². The van der Waals surface area contributed by atoms with Gasteiger partial charge in [0.05, 0.1) is 10.7 Å². The minimum absolute atomic E-state index is 0.273. The normalized spacial score (nSPS) is 11.0. The maximum atomic E-state index is 9.71. The van der Waals surface area contributed by atoms with E-state index in [1.54, 1.807) is 6.07 Å². The summed E-state index contributed by atoms with van der Waals surface area (Å²) in [6, 6.07) is 9.23. The molecule has 1 N–H and O–H groups in total. The number of benzene rings is 1. The molecule has 1 aromatic carbocycles. The molecule has 84 valence electrons. The quantitative estimate of drug-likeness (QED) is 0.810. The van der Waals surface area contributed by atoms with Crippen LogP contribution in [0.25, 0.3) is 11.3 Å². The first kappa shape index (κ1) is 11.0. The van der Waals surface area contributed by atoms with E-state index in [1.807, 2.05) is 38.1 Å². The standard InChI is InChI=1S/C12H13ClN2O/c1-8(2)11-7-12(15(16)14-11)9-5-3-4-6-10(9)13/h3-8,16H,1-2H3. The predicted octanol–water partition coefficient (Wildman–Crippen LogP) is 3.56. The summed E-state index contributed by atoms with van der Waals surface area (Å²) in [5.74, 6) is 0.273. The first-order chi connectivity index (χ1) is 7.59. The summed E-state index contributed by atoms with van der Waals surface area (Å²) in [6.07, 6.45) is 0. The Hall–Kier alpha value is -1.48. The molecule has 0 aliphatic rings. The minimum Gasteiger partial charge on any atom is -0.411 e. The van der Waals surface area contributed by atoms with Crippen molar-refractivity contribution in [2.24, 2.45) is 0 Å². The Morgan fingerprint density at radius 2 is 2.00 bits per heavy atom. The highest BCUT2D eigenvalue weighted by atomic mass is 35.5. The first-order valence-electron chi connectivity index (χ1n) is 5.13. The summed E-state index contributed by atoms with van der Waals surface area (Å²) >= 11 is 6.07. The SMILES string of the molecule is CC(C)c1cc(-c2ccccc2Cl)n(O)n1. The van der Waals surface area contributed by atoms with Crippen molar-refractivity contribution in [3.05, 3.63) is 41.0 Å². The van der Waals surface area contributed by atoms with Crippen LogP contribution in [0.15, 0.2) is 30.3 Å². The molecule has 0 atom stereocenters. The second kappa shape index (κ2) is 4.18. The molecule has 0 aliphatic heterocycles. The molecule has 16 heavy (non-hydrogen) atoms. The first-order valence-corrected chi connectivity index (χ1v) is 5.51. The van der Waals surface area contributed by atoms with Gasteiger partial charge in [-0.2, -0.15) is 0 Å². The lowest BCUT2D eigenvalue weighted by Crippen LogP contribution is -1.97. The lowest BCUT2D eigenvalue weighted by Gasteiger charge is -2.01. The highest BCUT2D eigenvalue weighted by molar-refractivity contribution is 6.33. The van der Waals surface area contributed by atoms with Crippen LogP contribution in [0, 0.1) is 0 Å². The van der Waals surface area contributed by atoms with Gasteiger partial charge in [-0.3, -0.25) is 0 Å². The van der Waals surface area contributed by atoms with Crippen LogP contribution in [0.3, 0.4) is 0 Å². The van der Waals surface area contributed by atoms with Gasteiger partial charge in [-0.1, -0.05) is 43.6 Å². The molecule has 0 saturated carbocycles. The summed E-state index contributed by atoms with van der Waals surface area (Å²) in [5, 5.41) is 14.4. The molecule has 3 nitrogen and oxygen atoms in total. The van der Waals surface area contributed by atoms with Gasteiger partial charge < -0.3 is 5.21 Å². The Morgan fingerprint density at radius 3 is 2.56 bits per heavy atom. The highest BCUT2D eigenvalue weighted by Gasteiger charge is 2.13. The molecule has 2 rings (SSSR count). The van der Waals surface area contributed by atoms with Crippen LogP contribution in [0.2, 0.25) is 5.02 Å². The summed E-state index contributed by atoms with van der Waals surface area (Å²) in [6.45, 7) is 4.05. The average Bonchev–Trinajstić information content (AvgIpc) is 2.61. The Labute approximate surface area is 99.2 Å². The fraction of sp³-hybridized carbons (Fsp3) is 0.250. The zero-order chi connectivity index (χ0) is 11.7. The smallest absolute Gasteiger partial charge is 0.111 e. The summed E-state index contributed by atoms with van der Waals surface area (Å²) in [5.41, 5.74) is 2.25. The summed E-state index contributed by atoms with van der Waals surface area (Å²) in [7, 11) is 0. The van der Waals surface area contributed by atoms with Crippen LogP contribution < -0.4 is 0 Å². The molecule has 1 aromatic heterocycles. The van der Waals surface area contributed by atoms with E-state index in [0.29, 0.717) is 10.7 Å². The number of hydrogen-bond acceptors (Lipinski definition) is 2. The second-order valence-corrected chi connectivity index (χ2v) is 4.39. The highest BCUT2D eigenvalue weighted by Crippen LogP contribution is 2.28. The van der Waals surface area contributed by atoms with Gasteiger partial charge in [-0.25, -0.2) is 0 Å². The van der Waals surface area contributed by atoms with Crippen LogP contribution in [-0.4, -0.2) is 15.2 Å². The molecule has 0 spiro atoms. The lowest BCUT2D eigenvalue weighted by atomic mass is 10.1. The second-order valence-electron chi connectivity index (χ2n) is 3.98. The maximum Gasteiger partial charge on any atom is 0.111 e. The third-order valence-electron chi connectivity index (χ3n) is 2.45. The lowest BCUT2D eigenvalue weighted by molar-refractivity contribution is 0.152. The number of aromatic nitrogens is 2. The van der Waals surface area contributed by atoms with E-state index in [9.17, 15) is 5.21 Å². The molecule has 0 amide bonds. The molecule has 0 fully saturated rings. The minimum atomic E-state index is 0.273. The molecular formula is C12H13ClN2O. The largest absolute Gasteiger partial charge is 0.411 e. The van der Waals surface area contributed by atoms with E-state index in [4.69, 9.17) is 11.6 Å². The van der Waals surface area contributed by atoms with E-state index in [-0.39, 0.29) is 5.92 Å². The van der Waals surface area contributed by atoms with Gasteiger partial charge in [0.25, 0.3) is 0 Å². The molecular weight excluding hydrogens is 224 g/mol. The Kier molecular flexibility index (Phi) is 2.88. The zero-order valence-corrected chi connectivity index (χ0v) is 9.94. The van der Waals surface area contributed by atoms with Crippen LogP contribution in [0.1, 0.15) is 25.5 Å². The van der Waals surface area contributed by atoms with Crippen LogP contribution in [0.4, 0.5) is 0 Å². The fourth-order valence-electron chi connectivity index (χ4n) is 1.53. The van der Waals surface area contributed by atoms with Crippen molar-refractivity contribution in [3.8, 4) is 11.3 Å². The van der Waals surface area contributed by atoms with Crippen molar-refractivity contribution in [2.75, 3.05) is 0 Å². The third kappa shape index (κ3) is 1.91. The Balaban J connectivity index is 2.52. The number of rotatable bonds is 2. The molecule has 0 bridgehead atoms. The Bertz CT molecular complexity index is 505. The van der Waals surface area contributed by atoms with Crippen molar-refractivity contribution in [1.29, 1.82) is 0 Å². The van der Waals surface area contributed by atoms with Crippen LogP contribution >= 0.6 is 11.6 Å². The van der Waals surface area contributed by atoms with E-state index in [2.05, 4.69) is 5.10 Å². The maximum absolute atomic E-state index is 9.71. The van der Waals surface area contributed by atoms with E-state index in [1.165, 1.54) is 0 Å². The van der Waals surface area contributed by atoms with Gasteiger partial charge in [0.15, 0.2) is 0 Å². The van der Waals surface area contributed by atoms with Gasteiger partial charge in [0.2, 0.25) is 0 Å². The number of hydrogen-bond donors (Lipinski definition) is 1. The molecule has 2 aromatic rings. The number of nitrogens with zero attached hydrogens (tertiary/aromatic N) is 2. The molecule has 0 saturated heterocycles. The number of halogens is 1. The molecule has 4 heteroatoms. The monoisotopic (exact) mass is 236 g/mol. The molecule has 0 radical (unpaired) electrons. The Morgan fingerprint density at radius 1 is 1.31 bits per heavy atom. The third-order valence-corrected chi connectivity index (χ3v) is 2.78. The van der Waals surface area contributed by atoms with Gasteiger partial charge in [-0.15, -0.1) is 9.94 Å². The van der Waals surface area contributed by atoms with Crippen molar-refractivity contribution in [2.45, 2.75) is 19.8 Å². The van der Waals surface area contributed by atoms with E-state index in [0.717, 1.165) is 16.1 Å². The van der Waals surface area contributed by atoms with E-state index < -0.39 is 0 Å². The summed E-state index contributed by atoms with van der Waals surface area (Å²) in [4.78, 5) is 0.885. The van der Waals surface area contributed by atoms with Crippen LogP contribution in [0.5, 0.6) is 0 Å². The fourth-order valence-corrected chi connectivity index (χ4v) is 1.76. The van der Waals surface area contributed by atoms with Crippen molar-refractivity contribution in [3.63, 3.8) is 0 Å². The van der Waals surface area contributed by atoms with Gasteiger partial charge in [-0.05, 0) is 18.1 Å². The van der Waals surface area contributed by atoms with Crippen molar-refractivity contribution < 1.29 is 5.21 Å². The summed E-state index contributed by atoms with van der Waals surface area (Å²) < 4.78 is 0. The topological polar surface area (TPSA) is 38.0 Å². The molecule has 0 unspecified atom stereocenters. The average molecular weight is 237 g/mol.